The second-order valence-electron chi connectivity index (χ2n) is 5.60. The molecule has 0 aliphatic carbocycles. The Hall–Kier alpha value is -0.780. The molecule has 2 unspecified atom stereocenters. The summed E-state index contributed by atoms with van der Waals surface area (Å²) in [5.74, 6) is -1.50. The lowest BCUT2D eigenvalue weighted by molar-refractivity contribution is -0.189. The van der Waals surface area contributed by atoms with Gasteiger partial charge in [-0.15, -0.1) is 0 Å². The molecule has 2 atom stereocenters. The van der Waals surface area contributed by atoms with Gasteiger partial charge in [-0.05, 0) is 38.6 Å². The SMILES string of the molecule is CCC1(C(=O)N2CCCC(C(F)(F)F)C2)CCCN1. The van der Waals surface area contributed by atoms with Crippen LogP contribution in [0.5, 0.6) is 0 Å². The van der Waals surface area contributed by atoms with Gasteiger partial charge in [-0.1, -0.05) is 6.92 Å². The zero-order valence-electron chi connectivity index (χ0n) is 11.2. The third kappa shape index (κ3) is 2.88. The van der Waals surface area contributed by atoms with E-state index in [9.17, 15) is 18.0 Å². The smallest absolute Gasteiger partial charge is 0.340 e. The molecule has 1 N–H and O–H groups in total. The number of rotatable bonds is 2. The summed E-state index contributed by atoms with van der Waals surface area (Å²) >= 11 is 0. The maximum atomic E-state index is 12.8. The Morgan fingerprint density at radius 3 is 2.68 bits per heavy atom. The number of hydrogen-bond donors (Lipinski definition) is 1. The zero-order chi connectivity index (χ0) is 14.1. The predicted octanol–water partition coefficient (Wildman–Crippen LogP) is 2.32. The van der Waals surface area contributed by atoms with Gasteiger partial charge < -0.3 is 10.2 Å². The molecule has 3 nitrogen and oxygen atoms in total. The zero-order valence-corrected chi connectivity index (χ0v) is 11.2. The normalized spacial score (nSPS) is 32.6. The number of amides is 1. The number of hydrogen-bond acceptors (Lipinski definition) is 2. The third-order valence-corrected chi connectivity index (χ3v) is 4.43. The Labute approximate surface area is 111 Å². The summed E-state index contributed by atoms with van der Waals surface area (Å²) in [7, 11) is 0. The molecular weight excluding hydrogens is 257 g/mol. The quantitative estimate of drug-likeness (QED) is 0.840. The first kappa shape index (κ1) is 14.6. The molecule has 2 saturated heterocycles. The summed E-state index contributed by atoms with van der Waals surface area (Å²) in [6.45, 7) is 2.97. The van der Waals surface area contributed by atoms with Crippen molar-refractivity contribution in [3.05, 3.63) is 0 Å². The molecule has 2 aliphatic heterocycles. The van der Waals surface area contributed by atoms with Crippen molar-refractivity contribution in [1.82, 2.24) is 10.2 Å². The Morgan fingerprint density at radius 1 is 1.42 bits per heavy atom. The number of alkyl halides is 3. The van der Waals surface area contributed by atoms with Crippen molar-refractivity contribution in [3.63, 3.8) is 0 Å². The second-order valence-corrected chi connectivity index (χ2v) is 5.60. The first-order valence-electron chi connectivity index (χ1n) is 7.00. The Balaban J connectivity index is 2.06. The minimum Gasteiger partial charge on any atom is -0.340 e. The van der Waals surface area contributed by atoms with Gasteiger partial charge in [0.1, 0.15) is 0 Å². The molecule has 19 heavy (non-hydrogen) atoms. The molecule has 0 aromatic rings. The van der Waals surface area contributed by atoms with Gasteiger partial charge >= 0.3 is 6.18 Å². The Bertz CT molecular complexity index is 337. The maximum Gasteiger partial charge on any atom is 0.393 e. The molecular formula is C13H21F3N2O. The minimum absolute atomic E-state index is 0.138. The van der Waals surface area contributed by atoms with Crippen LogP contribution in [0.2, 0.25) is 0 Å². The molecule has 110 valence electrons. The standard InChI is InChI=1S/C13H21F3N2O/c1-2-12(6-4-7-17-12)11(19)18-8-3-5-10(9-18)13(14,15)16/h10,17H,2-9H2,1H3. The van der Waals surface area contributed by atoms with Crippen LogP contribution in [-0.4, -0.2) is 42.2 Å². The van der Waals surface area contributed by atoms with E-state index in [1.807, 2.05) is 6.92 Å². The molecule has 0 aromatic carbocycles. The van der Waals surface area contributed by atoms with Crippen LogP contribution in [-0.2, 0) is 4.79 Å². The van der Waals surface area contributed by atoms with E-state index in [1.54, 1.807) is 0 Å². The summed E-state index contributed by atoms with van der Waals surface area (Å²) in [4.78, 5) is 13.9. The minimum atomic E-state index is -4.19. The van der Waals surface area contributed by atoms with Crippen molar-refractivity contribution >= 4 is 5.91 Å². The molecule has 2 fully saturated rings. The van der Waals surface area contributed by atoms with Gasteiger partial charge in [0.05, 0.1) is 11.5 Å². The lowest BCUT2D eigenvalue weighted by atomic mass is 9.89. The number of nitrogens with zero attached hydrogens (tertiary/aromatic N) is 1. The number of halogens is 3. The molecule has 2 rings (SSSR count). The molecule has 1 amide bonds. The number of likely N-dealkylation sites (tertiary alicyclic amines) is 1. The fourth-order valence-electron chi connectivity index (χ4n) is 3.17. The highest BCUT2D eigenvalue weighted by Crippen LogP contribution is 2.35. The van der Waals surface area contributed by atoms with Crippen LogP contribution in [0.15, 0.2) is 0 Å². The van der Waals surface area contributed by atoms with E-state index in [1.165, 1.54) is 4.90 Å². The molecule has 0 spiro atoms. The van der Waals surface area contributed by atoms with Gasteiger partial charge in [0, 0.05) is 13.1 Å². The van der Waals surface area contributed by atoms with Gasteiger partial charge in [0.15, 0.2) is 0 Å². The highest BCUT2D eigenvalue weighted by molar-refractivity contribution is 5.86. The van der Waals surface area contributed by atoms with Crippen molar-refractivity contribution in [2.45, 2.75) is 50.7 Å². The van der Waals surface area contributed by atoms with Crippen molar-refractivity contribution < 1.29 is 18.0 Å². The average molecular weight is 278 g/mol. The van der Waals surface area contributed by atoms with E-state index in [0.717, 1.165) is 19.4 Å². The van der Waals surface area contributed by atoms with Gasteiger partial charge in [0.2, 0.25) is 5.91 Å². The topological polar surface area (TPSA) is 32.3 Å². The summed E-state index contributed by atoms with van der Waals surface area (Å²) in [5, 5.41) is 3.20. The molecule has 0 saturated carbocycles. The van der Waals surface area contributed by atoms with E-state index in [2.05, 4.69) is 5.32 Å². The van der Waals surface area contributed by atoms with E-state index in [4.69, 9.17) is 0 Å². The summed E-state index contributed by atoms with van der Waals surface area (Å²) < 4.78 is 38.3. The van der Waals surface area contributed by atoms with Crippen LogP contribution in [0.3, 0.4) is 0 Å². The Kier molecular flexibility index (Phi) is 4.08. The molecule has 0 aromatic heterocycles. The van der Waals surface area contributed by atoms with E-state index >= 15 is 0 Å². The van der Waals surface area contributed by atoms with E-state index < -0.39 is 17.6 Å². The Morgan fingerprint density at radius 2 is 2.16 bits per heavy atom. The van der Waals surface area contributed by atoms with Gasteiger partial charge in [0.25, 0.3) is 0 Å². The van der Waals surface area contributed by atoms with E-state index in [0.29, 0.717) is 19.4 Å². The van der Waals surface area contributed by atoms with Crippen LogP contribution in [0, 0.1) is 5.92 Å². The largest absolute Gasteiger partial charge is 0.393 e. The molecule has 6 heteroatoms. The number of piperidine rings is 1. The lowest BCUT2D eigenvalue weighted by Crippen LogP contribution is -2.57. The fourth-order valence-corrected chi connectivity index (χ4v) is 3.17. The molecule has 0 bridgehead atoms. The molecule has 2 aliphatic rings. The second kappa shape index (κ2) is 5.31. The van der Waals surface area contributed by atoms with Gasteiger partial charge in [-0.2, -0.15) is 13.2 Å². The van der Waals surface area contributed by atoms with Crippen LogP contribution < -0.4 is 5.32 Å². The van der Waals surface area contributed by atoms with Gasteiger partial charge in [-0.25, -0.2) is 0 Å². The first-order chi connectivity index (χ1) is 8.89. The van der Waals surface area contributed by atoms with Crippen LogP contribution in [0.25, 0.3) is 0 Å². The predicted molar refractivity (Wildman–Crippen MR) is 65.6 cm³/mol. The molecule has 2 heterocycles. The lowest BCUT2D eigenvalue weighted by Gasteiger charge is -2.39. The van der Waals surface area contributed by atoms with Crippen molar-refractivity contribution in [2.75, 3.05) is 19.6 Å². The average Bonchev–Trinajstić information content (AvgIpc) is 2.87. The van der Waals surface area contributed by atoms with Crippen LogP contribution in [0.4, 0.5) is 13.2 Å². The third-order valence-electron chi connectivity index (χ3n) is 4.43. The summed E-state index contributed by atoms with van der Waals surface area (Å²) in [5.41, 5.74) is -0.618. The van der Waals surface area contributed by atoms with Crippen molar-refractivity contribution in [2.24, 2.45) is 5.92 Å². The highest BCUT2D eigenvalue weighted by atomic mass is 19.4. The number of carbonyl (C=O) groups is 1. The maximum absolute atomic E-state index is 12.8. The van der Waals surface area contributed by atoms with Crippen molar-refractivity contribution in [1.29, 1.82) is 0 Å². The van der Waals surface area contributed by atoms with E-state index in [-0.39, 0.29) is 18.9 Å². The summed E-state index contributed by atoms with van der Waals surface area (Å²) in [6, 6.07) is 0. The van der Waals surface area contributed by atoms with Crippen LogP contribution >= 0.6 is 0 Å². The van der Waals surface area contributed by atoms with Crippen molar-refractivity contribution in [3.8, 4) is 0 Å². The molecule has 0 radical (unpaired) electrons. The monoisotopic (exact) mass is 278 g/mol. The summed E-state index contributed by atoms with van der Waals surface area (Å²) in [6.07, 6.45) is -1.33. The van der Waals surface area contributed by atoms with Gasteiger partial charge in [-0.3, -0.25) is 4.79 Å². The fraction of sp³-hybridized carbons (Fsp3) is 0.923. The van der Waals surface area contributed by atoms with Crippen LogP contribution in [0.1, 0.15) is 39.0 Å². The first-order valence-corrected chi connectivity index (χ1v) is 7.00. The number of nitrogens with one attached hydrogen (secondary N) is 1. The highest BCUT2D eigenvalue weighted by Gasteiger charge is 2.47. The number of carbonyl (C=O) groups excluding carboxylic acids is 1.